The zero-order valence-electron chi connectivity index (χ0n) is 17.2. The second-order valence-electron chi connectivity index (χ2n) is 7.49. The molecule has 2 N–H and O–H groups in total. The van der Waals surface area contributed by atoms with Crippen LogP contribution in [-0.2, 0) is 0 Å². The number of nitrogens with zero attached hydrogens (tertiary/aromatic N) is 7. The van der Waals surface area contributed by atoms with Gasteiger partial charge in [0.15, 0.2) is 11.5 Å². The van der Waals surface area contributed by atoms with Gasteiger partial charge in [0.1, 0.15) is 23.8 Å². The number of aromatic amines is 1. The highest BCUT2D eigenvalue weighted by Gasteiger charge is 2.17. The van der Waals surface area contributed by atoms with Crippen LogP contribution in [0.3, 0.4) is 0 Å². The fourth-order valence-electron chi connectivity index (χ4n) is 3.50. The Hall–Kier alpha value is -3.85. The molecule has 4 heterocycles. The normalized spacial score (nSPS) is 15.1. The summed E-state index contributed by atoms with van der Waals surface area (Å²) in [6, 6.07) is 12.1. The summed E-state index contributed by atoms with van der Waals surface area (Å²) in [4.78, 5) is 22.4. The first-order valence-electron chi connectivity index (χ1n) is 10.2. The van der Waals surface area contributed by atoms with Crippen LogP contribution in [0.5, 0.6) is 0 Å². The maximum absolute atomic E-state index is 4.81. The van der Waals surface area contributed by atoms with Crippen molar-refractivity contribution in [3.05, 3.63) is 60.3 Å². The SMILES string of the molecule is CN1CCN(c2cc(Nc3[nH]nc4ncncc34)nc(C=Cc3ccccc3)n2)CC1. The van der Waals surface area contributed by atoms with Gasteiger partial charge in [-0.1, -0.05) is 36.4 Å². The first-order valence-corrected chi connectivity index (χ1v) is 10.2. The van der Waals surface area contributed by atoms with Crippen molar-refractivity contribution in [2.75, 3.05) is 43.4 Å². The van der Waals surface area contributed by atoms with Gasteiger partial charge in [0.2, 0.25) is 0 Å². The van der Waals surface area contributed by atoms with E-state index in [0.29, 0.717) is 23.1 Å². The van der Waals surface area contributed by atoms with Crippen molar-refractivity contribution in [3.63, 3.8) is 0 Å². The van der Waals surface area contributed by atoms with Gasteiger partial charge in [0.05, 0.1) is 5.39 Å². The Morgan fingerprint density at radius 2 is 1.87 bits per heavy atom. The number of hydrogen-bond acceptors (Lipinski definition) is 8. The molecule has 1 aliphatic heterocycles. The molecule has 0 atom stereocenters. The molecule has 5 rings (SSSR count). The zero-order chi connectivity index (χ0) is 21.0. The Morgan fingerprint density at radius 3 is 2.71 bits per heavy atom. The molecule has 0 bridgehead atoms. The number of piperazine rings is 1. The van der Waals surface area contributed by atoms with Crippen molar-refractivity contribution in [1.82, 2.24) is 35.0 Å². The van der Waals surface area contributed by atoms with Crippen LogP contribution in [0.25, 0.3) is 23.2 Å². The van der Waals surface area contributed by atoms with E-state index in [9.17, 15) is 0 Å². The summed E-state index contributed by atoms with van der Waals surface area (Å²) in [6.07, 6.45) is 7.17. The average molecular weight is 413 g/mol. The Kier molecular flexibility index (Phi) is 5.24. The number of anilines is 3. The van der Waals surface area contributed by atoms with E-state index in [-0.39, 0.29) is 0 Å². The third-order valence-electron chi connectivity index (χ3n) is 5.27. The molecule has 1 aliphatic rings. The van der Waals surface area contributed by atoms with E-state index in [4.69, 9.17) is 9.97 Å². The van der Waals surface area contributed by atoms with E-state index in [2.05, 4.69) is 54.5 Å². The number of benzene rings is 1. The minimum Gasteiger partial charge on any atom is -0.354 e. The van der Waals surface area contributed by atoms with E-state index in [0.717, 1.165) is 42.9 Å². The highest BCUT2D eigenvalue weighted by molar-refractivity contribution is 5.88. The maximum atomic E-state index is 4.81. The summed E-state index contributed by atoms with van der Waals surface area (Å²) in [5.74, 6) is 2.93. The molecular formula is C22H23N9. The van der Waals surface area contributed by atoms with Crippen LogP contribution in [0.4, 0.5) is 17.5 Å². The van der Waals surface area contributed by atoms with E-state index in [1.165, 1.54) is 6.33 Å². The van der Waals surface area contributed by atoms with Crippen LogP contribution in [0.1, 0.15) is 11.4 Å². The fraction of sp³-hybridized carbons (Fsp3) is 0.227. The molecule has 9 nitrogen and oxygen atoms in total. The monoisotopic (exact) mass is 413 g/mol. The average Bonchev–Trinajstić information content (AvgIpc) is 3.21. The summed E-state index contributed by atoms with van der Waals surface area (Å²) >= 11 is 0. The molecule has 9 heteroatoms. The second kappa shape index (κ2) is 8.49. The molecule has 156 valence electrons. The highest BCUT2D eigenvalue weighted by Crippen LogP contribution is 2.24. The van der Waals surface area contributed by atoms with E-state index < -0.39 is 0 Å². The number of nitrogens with one attached hydrogen (secondary N) is 2. The molecule has 1 saturated heterocycles. The molecule has 0 saturated carbocycles. The van der Waals surface area contributed by atoms with Gasteiger partial charge in [-0.15, -0.1) is 0 Å². The number of rotatable bonds is 5. The van der Waals surface area contributed by atoms with Gasteiger partial charge in [-0.05, 0) is 18.7 Å². The lowest BCUT2D eigenvalue weighted by Gasteiger charge is -2.33. The van der Waals surface area contributed by atoms with Crippen molar-refractivity contribution in [2.45, 2.75) is 0 Å². The standard InChI is InChI=1S/C22H23N9/c1-30-9-11-31(12-10-30)20-13-19(27-22-17-14-23-15-24-21(17)28-29-22)25-18(26-20)8-7-16-5-3-2-4-6-16/h2-8,13-15H,9-12H2,1H3,(H2,23,24,25,26,27,28,29). The first kappa shape index (κ1) is 19.1. The van der Waals surface area contributed by atoms with E-state index in [1.54, 1.807) is 6.20 Å². The zero-order valence-corrected chi connectivity index (χ0v) is 17.2. The van der Waals surface area contributed by atoms with Crippen LogP contribution in [0.2, 0.25) is 0 Å². The van der Waals surface area contributed by atoms with Gasteiger partial charge >= 0.3 is 0 Å². The number of H-pyrrole nitrogens is 1. The van der Waals surface area contributed by atoms with Crippen molar-refractivity contribution in [1.29, 1.82) is 0 Å². The molecule has 31 heavy (non-hydrogen) atoms. The highest BCUT2D eigenvalue weighted by atomic mass is 15.3. The van der Waals surface area contributed by atoms with Crippen LogP contribution < -0.4 is 10.2 Å². The minimum atomic E-state index is 0.607. The second-order valence-corrected chi connectivity index (χ2v) is 7.49. The molecule has 0 aliphatic carbocycles. The first-order chi connectivity index (χ1) is 15.2. The van der Waals surface area contributed by atoms with Gasteiger partial charge in [-0.25, -0.2) is 19.9 Å². The molecule has 0 radical (unpaired) electrons. The lowest BCUT2D eigenvalue weighted by molar-refractivity contribution is 0.312. The van der Waals surface area contributed by atoms with Gasteiger partial charge in [-0.2, -0.15) is 5.10 Å². The quantitative estimate of drug-likeness (QED) is 0.515. The van der Waals surface area contributed by atoms with Crippen LogP contribution in [-0.4, -0.2) is 68.3 Å². The molecule has 0 unspecified atom stereocenters. The Labute approximate surface area is 179 Å². The summed E-state index contributed by atoms with van der Waals surface area (Å²) < 4.78 is 0. The van der Waals surface area contributed by atoms with Crippen LogP contribution >= 0.6 is 0 Å². The summed E-state index contributed by atoms with van der Waals surface area (Å²) in [5.41, 5.74) is 1.71. The van der Waals surface area contributed by atoms with Gasteiger partial charge in [0, 0.05) is 38.4 Å². The Bertz CT molecular complexity index is 1190. The Balaban J connectivity index is 1.48. The number of fused-ring (bicyclic) bond motifs is 1. The smallest absolute Gasteiger partial charge is 0.186 e. The third-order valence-corrected chi connectivity index (χ3v) is 5.27. The summed E-state index contributed by atoms with van der Waals surface area (Å²) in [7, 11) is 2.14. The Morgan fingerprint density at radius 1 is 1.03 bits per heavy atom. The van der Waals surface area contributed by atoms with E-state index >= 15 is 0 Å². The molecule has 1 fully saturated rings. The molecule has 1 aromatic carbocycles. The number of likely N-dealkylation sites (N-methyl/N-ethyl adjacent to an activating group) is 1. The van der Waals surface area contributed by atoms with Gasteiger partial charge < -0.3 is 15.1 Å². The van der Waals surface area contributed by atoms with Crippen molar-refractivity contribution in [2.24, 2.45) is 0 Å². The molecule has 4 aromatic rings. The third kappa shape index (κ3) is 4.36. The van der Waals surface area contributed by atoms with Crippen molar-refractivity contribution >= 4 is 40.6 Å². The summed E-state index contributed by atoms with van der Waals surface area (Å²) in [6.45, 7) is 3.86. The lowest BCUT2D eigenvalue weighted by Crippen LogP contribution is -2.44. The molecule has 0 spiro atoms. The van der Waals surface area contributed by atoms with Crippen LogP contribution in [0.15, 0.2) is 48.9 Å². The van der Waals surface area contributed by atoms with Crippen molar-refractivity contribution < 1.29 is 0 Å². The number of aromatic nitrogens is 6. The number of hydrogen-bond donors (Lipinski definition) is 2. The minimum absolute atomic E-state index is 0.607. The van der Waals surface area contributed by atoms with Crippen molar-refractivity contribution in [3.8, 4) is 0 Å². The largest absolute Gasteiger partial charge is 0.354 e. The predicted octanol–water partition coefficient (Wildman–Crippen LogP) is 2.81. The van der Waals surface area contributed by atoms with Gasteiger partial charge in [-0.3, -0.25) is 5.10 Å². The van der Waals surface area contributed by atoms with E-state index in [1.807, 2.05) is 36.4 Å². The lowest BCUT2D eigenvalue weighted by atomic mass is 10.2. The van der Waals surface area contributed by atoms with Crippen LogP contribution in [0, 0.1) is 0 Å². The summed E-state index contributed by atoms with van der Waals surface area (Å²) in [5, 5.41) is 11.3. The molecule has 0 amide bonds. The molecule has 3 aromatic heterocycles. The topological polar surface area (TPSA) is 98.8 Å². The van der Waals surface area contributed by atoms with Gasteiger partial charge in [0.25, 0.3) is 0 Å². The predicted molar refractivity (Wildman–Crippen MR) is 122 cm³/mol. The fourth-order valence-corrected chi connectivity index (χ4v) is 3.50. The molecular weight excluding hydrogens is 390 g/mol. The maximum Gasteiger partial charge on any atom is 0.186 e.